The number of Topliss-reactive ketones (excluding diaryl/α,β-unsaturated/α-hetero) is 1. The van der Waals surface area contributed by atoms with Crippen molar-refractivity contribution in [2.75, 3.05) is 13.2 Å². The summed E-state index contributed by atoms with van der Waals surface area (Å²) < 4.78 is 47.3. The summed E-state index contributed by atoms with van der Waals surface area (Å²) in [7, 11) is 1.18. The van der Waals surface area contributed by atoms with Crippen LogP contribution in [0.1, 0.15) is 23.2 Å². The second-order valence-electron chi connectivity index (χ2n) is 4.77. The van der Waals surface area contributed by atoms with Gasteiger partial charge in [0, 0.05) is 52.2 Å². The topological polar surface area (TPSA) is 46.5 Å². The minimum absolute atomic E-state index is 0.0640. The highest BCUT2D eigenvalue weighted by atomic mass is 127. The number of carbonyl (C=O) groups excluding carboxylic acids is 1. The number of carbonyl (C=O) groups is 1. The van der Waals surface area contributed by atoms with E-state index in [0.29, 0.717) is 4.90 Å². The van der Waals surface area contributed by atoms with Gasteiger partial charge in [0.05, 0.1) is 5.56 Å². The van der Waals surface area contributed by atoms with Gasteiger partial charge in [-0.3, -0.25) is 4.79 Å². The standard InChI is InChI=1S/C13H12F3IO3S/c14-10-2-1-8(21-17)7-9(10)11(18)13(15,16)12(19)3-5-20-6-4-12/h1-2,7,19H,3-6H2. The van der Waals surface area contributed by atoms with Crippen molar-refractivity contribution in [3.8, 4) is 0 Å². The summed E-state index contributed by atoms with van der Waals surface area (Å²) in [5.74, 6) is -6.78. The molecule has 116 valence electrons. The molecule has 0 aliphatic carbocycles. The van der Waals surface area contributed by atoms with Crippen LogP contribution < -0.4 is 0 Å². The Labute approximate surface area is 135 Å². The number of benzene rings is 1. The molecule has 0 atom stereocenters. The van der Waals surface area contributed by atoms with Crippen molar-refractivity contribution in [3.05, 3.63) is 29.6 Å². The lowest BCUT2D eigenvalue weighted by Gasteiger charge is -2.37. The molecule has 1 heterocycles. The number of ether oxygens (including phenoxy) is 1. The highest BCUT2D eigenvalue weighted by Gasteiger charge is 2.58. The summed E-state index contributed by atoms with van der Waals surface area (Å²) in [5.41, 5.74) is -3.20. The minimum Gasteiger partial charge on any atom is -0.383 e. The van der Waals surface area contributed by atoms with Crippen LogP contribution in [0.4, 0.5) is 13.2 Å². The Morgan fingerprint density at radius 1 is 1.38 bits per heavy atom. The fourth-order valence-corrected chi connectivity index (χ4v) is 3.23. The summed E-state index contributed by atoms with van der Waals surface area (Å²) in [6, 6.07) is 3.44. The lowest BCUT2D eigenvalue weighted by atomic mass is 9.83. The van der Waals surface area contributed by atoms with Gasteiger partial charge in [0.15, 0.2) is 0 Å². The Morgan fingerprint density at radius 3 is 2.57 bits per heavy atom. The van der Waals surface area contributed by atoms with Crippen LogP contribution in [0.2, 0.25) is 0 Å². The Bertz CT molecular complexity index is 547. The first-order chi connectivity index (χ1) is 9.82. The quantitative estimate of drug-likeness (QED) is 0.584. The molecule has 0 aromatic heterocycles. The van der Waals surface area contributed by atoms with Gasteiger partial charge in [-0.1, -0.05) is 8.93 Å². The second-order valence-corrected chi connectivity index (χ2v) is 6.71. The maximum absolute atomic E-state index is 14.4. The van der Waals surface area contributed by atoms with Crippen LogP contribution in [0.5, 0.6) is 0 Å². The molecule has 1 N–H and O–H groups in total. The Hall–Kier alpha value is -0.320. The zero-order valence-corrected chi connectivity index (χ0v) is 13.7. The predicted molar refractivity (Wildman–Crippen MR) is 80.6 cm³/mol. The first kappa shape index (κ1) is 17.0. The summed E-state index contributed by atoms with van der Waals surface area (Å²) in [6.07, 6.45) is -0.734. The van der Waals surface area contributed by atoms with Crippen LogP contribution in [0, 0.1) is 5.82 Å². The number of hydrogen-bond acceptors (Lipinski definition) is 4. The molecule has 21 heavy (non-hydrogen) atoms. The number of ketones is 1. The van der Waals surface area contributed by atoms with Crippen molar-refractivity contribution >= 4 is 35.9 Å². The molecular weight excluding hydrogens is 420 g/mol. The molecule has 2 rings (SSSR count). The smallest absolute Gasteiger partial charge is 0.337 e. The van der Waals surface area contributed by atoms with Gasteiger partial charge in [-0.05, 0) is 18.2 Å². The van der Waals surface area contributed by atoms with E-state index in [1.54, 1.807) is 0 Å². The van der Waals surface area contributed by atoms with Crippen molar-refractivity contribution in [3.63, 3.8) is 0 Å². The van der Waals surface area contributed by atoms with Crippen molar-refractivity contribution < 1.29 is 27.8 Å². The van der Waals surface area contributed by atoms with Crippen molar-refractivity contribution in [2.24, 2.45) is 0 Å². The van der Waals surface area contributed by atoms with Gasteiger partial charge in [-0.2, -0.15) is 8.78 Å². The molecule has 0 saturated carbocycles. The van der Waals surface area contributed by atoms with E-state index < -0.39 is 28.7 Å². The van der Waals surface area contributed by atoms with Crippen molar-refractivity contribution in [2.45, 2.75) is 29.3 Å². The molecule has 3 nitrogen and oxygen atoms in total. The van der Waals surface area contributed by atoms with E-state index in [1.807, 2.05) is 21.2 Å². The van der Waals surface area contributed by atoms with Gasteiger partial charge in [0.1, 0.15) is 11.4 Å². The van der Waals surface area contributed by atoms with Gasteiger partial charge in [-0.15, -0.1) is 0 Å². The molecule has 8 heteroatoms. The van der Waals surface area contributed by atoms with E-state index >= 15 is 0 Å². The maximum Gasteiger partial charge on any atom is 0.337 e. The predicted octanol–water partition coefficient (Wildman–Crippen LogP) is 3.63. The van der Waals surface area contributed by atoms with Crippen LogP contribution in [-0.2, 0) is 4.74 Å². The summed E-state index contributed by atoms with van der Waals surface area (Å²) in [4.78, 5) is 12.5. The molecule has 0 amide bonds. The minimum atomic E-state index is -4.06. The summed E-state index contributed by atoms with van der Waals surface area (Å²) in [5, 5.41) is 10.1. The van der Waals surface area contributed by atoms with Gasteiger partial charge in [0.2, 0.25) is 5.78 Å². The van der Waals surface area contributed by atoms with Gasteiger partial charge in [-0.25, -0.2) is 4.39 Å². The van der Waals surface area contributed by atoms with E-state index in [-0.39, 0.29) is 26.1 Å². The molecule has 1 fully saturated rings. The van der Waals surface area contributed by atoms with Crippen LogP contribution in [-0.4, -0.2) is 35.6 Å². The highest BCUT2D eigenvalue weighted by Crippen LogP contribution is 2.40. The zero-order valence-electron chi connectivity index (χ0n) is 10.7. The molecule has 0 spiro atoms. The van der Waals surface area contributed by atoms with E-state index in [0.717, 1.165) is 12.1 Å². The third kappa shape index (κ3) is 3.22. The van der Waals surface area contributed by atoms with Crippen LogP contribution in [0.25, 0.3) is 0 Å². The number of rotatable bonds is 4. The molecule has 0 bridgehead atoms. The van der Waals surface area contributed by atoms with Crippen LogP contribution in [0.15, 0.2) is 23.1 Å². The molecule has 1 aromatic rings. The van der Waals surface area contributed by atoms with E-state index in [2.05, 4.69) is 0 Å². The van der Waals surface area contributed by atoms with Crippen LogP contribution in [0.3, 0.4) is 0 Å². The van der Waals surface area contributed by atoms with E-state index in [4.69, 9.17) is 4.74 Å². The SMILES string of the molecule is O=C(c1cc(SI)ccc1F)C(F)(F)C1(O)CCOCC1. The van der Waals surface area contributed by atoms with E-state index in [1.165, 1.54) is 15.0 Å². The number of aliphatic hydroxyl groups is 1. The molecule has 1 aliphatic heterocycles. The van der Waals surface area contributed by atoms with Gasteiger partial charge in [0.25, 0.3) is 0 Å². The number of hydrogen-bond donors (Lipinski definition) is 1. The number of alkyl halides is 2. The lowest BCUT2D eigenvalue weighted by Crippen LogP contribution is -2.56. The molecular formula is C13H12F3IO3S. The fraction of sp³-hybridized carbons (Fsp3) is 0.462. The first-order valence-electron chi connectivity index (χ1n) is 6.13. The monoisotopic (exact) mass is 432 g/mol. The average molecular weight is 432 g/mol. The van der Waals surface area contributed by atoms with Gasteiger partial charge < -0.3 is 9.84 Å². The van der Waals surface area contributed by atoms with Crippen molar-refractivity contribution in [1.82, 2.24) is 0 Å². The van der Waals surface area contributed by atoms with E-state index in [9.17, 15) is 23.1 Å². The Morgan fingerprint density at radius 2 is 2.00 bits per heavy atom. The molecule has 0 radical (unpaired) electrons. The van der Waals surface area contributed by atoms with Crippen molar-refractivity contribution in [1.29, 1.82) is 0 Å². The van der Waals surface area contributed by atoms with Gasteiger partial charge >= 0.3 is 5.92 Å². The molecule has 0 unspecified atom stereocenters. The largest absolute Gasteiger partial charge is 0.383 e. The Balaban J connectivity index is 2.37. The lowest BCUT2D eigenvalue weighted by molar-refractivity contribution is -0.186. The zero-order chi connectivity index (χ0) is 15.7. The Kier molecular flexibility index (Phi) is 5.22. The maximum atomic E-state index is 14.4. The fourth-order valence-electron chi connectivity index (χ4n) is 2.13. The summed E-state index contributed by atoms with van der Waals surface area (Å²) in [6.45, 7) is -0.128. The third-order valence-corrected chi connectivity index (χ3v) is 5.42. The summed E-state index contributed by atoms with van der Waals surface area (Å²) >= 11 is 1.90. The molecule has 1 aromatic carbocycles. The highest BCUT2D eigenvalue weighted by molar-refractivity contribution is 14.2. The molecule has 1 saturated heterocycles. The first-order valence-corrected chi connectivity index (χ1v) is 9.48. The normalized spacial score (nSPS) is 18.5. The van der Waals surface area contributed by atoms with Crippen LogP contribution >= 0.6 is 30.1 Å². The molecule has 1 aliphatic rings. The average Bonchev–Trinajstić information content (AvgIpc) is 2.47. The second kappa shape index (κ2) is 6.43. The third-order valence-electron chi connectivity index (χ3n) is 3.46. The number of halogens is 4.